The van der Waals surface area contributed by atoms with Gasteiger partial charge in [-0.1, -0.05) is 0 Å². The molecule has 0 saturated carbocycles. The van der Waals surface area contributed by atoms with Crippen LogP contribution in [0.25, 0.3) is 0 Å². The van der Waals surface area contributed by atoms with E-state index in [4.69, 9.17) is 4.74 Å². The predicted molar refractivity (Wildman–Crippen MR) is 122 cm³/mol. The number of likely N-dealkylation sites (tertiary alicyclic amines) is 1. The lowest BCUT2D eigenvalue weighted by molar-refractivity contribution is -0.134. The molecule has 3 saturated heterocycles. The van der Waals surface area contributed by atoms with Crippen molar-refractivity contribution in [2.45, 2.75) is 70.8 Å². The molecule has 0 bridgehead atoms. The Bertz CT molecular complexity index is 924. The number of carbonyl (C=O) groups excluding carboxylic acids is 3. The van der Waals surface area contributed by atoms with Gasteiger partial charge >= 0.3 is 6.09 Å². The fourth-order valence-corrected chi connectivity index (χ4v) is 5.21. The van der Waals surface area contributed by atoms with Crippen molar-refractivity contribution in [1.29, 1.82) is 0 Å². The van der Waals surface area contributed by atoms with Crippen LogP contribution in [0.3, 0.4) is 0 Å². The van der Waals surface area contributed by atoms with Gasteiger partial charge < -0.3 is 14.5 Å². The summed E-state index contributed by atoms with van der Waals surface area (Å²) in [5.41, 5.74) is 1.02. The van der Waals surface area contributed by atoms with Crippen molar-refractivity contribution in [3.05, 3.63) is 29.6 Å². The third-order valence-corrected chi connectivity index (χ3v) is 7.26. The highest BCUT2D eigenvalue weighted by Crippen LogP contribution is 2.43. The van der Waals surface area contributed by atoms with Crippen LogP contribution in [0.15, 0.2) is 18.2 Å². The zero-order valence-corrected chi connectivity index (χ0v) is 19.8. The number of imide groups is 1. The number of hydrogen-bond donors (Lipinski definition) is 1. The number of nitrogens with one attached hydrogen (secondary N) is 1. The normalized spacial score (nSPS) is 23.5. The second kappa shape index (κ2) is 8.95. The second-order valence-corrected chi connectivity index (χ2v) is 10.7. The van der Waals surface area contributed by atoms with Gasteiger partial charge in [0.05, 0.1) is 5.92 Å². The fourth-order valence-electron chi connectivity index (χ4n) is 5.21. The Morgan fingerprint density at radius 2 is 1.73 bits per heavy atom. The number of benzene rings is 1. The molecule has 3 heterocycles. The Hall–Kier alpha value is -2.64. The zero-order chi connectivity index (χ0) is 23.8. The van der Waals surface area contributed by atoms with Crippen LogP contribution in [-0.2, 0) is 14.3 Å². The maximum absolute atomic E-state index is 14.6. The molecule has 1 unspecified atom stereocenters. The number of halogens is 1. The summed E-state index contributed by atoms with van der Waals surface area (Å²) < 4.78 is 20.1. The molecule has 1 aromatic rings. The average molecular weight is 460 g/mol. The molecule has 33 heavy (non-hydrogen) atoms. The molecule has 0 aliphatic carbocycles. The van der Waals surface area contributed by atoms with E-state index in [1.54, 1.807) is 12.1 Å². The molecule has 1 N–H and O–H groups in total. The molecule has 0 radical (unpaired) electrons. The molecular weight excluding hydrogens is 425 g/mol. The second-order valence-electron chi connectivity index (χ2n) is 10.7. The van der Waals surface area contributed by atoms with Gasteiger partial charge in [0.1, 0.15) is 11.4 Å². The highest BCUT2D eigenvalue weighted by Gasteiger charge is 2.39. The van der Waals surface area contributed by atoms with Gasteiger partial charge in [0.2, 0.25) is 11.8 Å². The minimum atomic E-state index is -0.629. The summed E-state index contributed by atoms with van der Waals surface area (Å²) in [6.45, 7) is 8.78. The van der Waals surface area contributed by atoms with Crippen LogP contribution in [-0.4, -0.2) is 54.6 Å². The number of carbonyl (C=O) groups is 3. The van der Waals surface area contributed by atoms with Crippen molar-refractivity contribution < 1.29 is 23.5 Å². The van der Waals surface area contributed by atoms with Crippen LogP contribution in [0.1, 0.15) is 70.8 Å². The number of amides is 3. The van der Waals surface area contributed by atoms with Crippen LogP contribution >= 0.6 is 0 Å². The Morgan fingerprint density at radius 3 is 2.33 bits per heavy atom. The van der Waals surface area contributed by atoms with Crippen LogP contribution in [0.4, 0.5) is 14.9 Å². The standard InChI is InChI=1S/C25H34FN3O4/c1-24(2,3)33-23(32)29-14-10-25(11-15-29)8-12-28(13-9-25)17-4-6-20(26)19(16-17)18-5-7-21(30)27-22(18)31/h4,6,16,18H,5,7-15H2,1-3H3,(H,27,30,31). The molecule has 1 atom stereocenters. The molecule has 3 aliphatic rings. The fraction of sp³-hybridized carbons (Fsp3) is 0.640. The van der Waals surface area contributed by atoms with E-state index >= 15 is 0 Å². The SMILES string of the molecule is CC(C)(C)OC(=O)N1CCC2(CC1)CCN(c1ccc(F)c(C3CCC(=O)NC3=O)c1)CC2. The van der Waals surface area contributed by atoms with Gasteiger partial charge in [-0.3, -0.25) is 14.9 Å². The summed E-state index contributed by atoms with van der Waals surface area (Å²) >= 11 is 0. The largest absolute Gasteiger partial charge is 0.444 e. The molecule has 0 aromatic heterocycles. The van der Waals surface area contributed by atoms with Crippen molar-refractivity contribution in [2.24, 2.45) is 5.41 Å². The molecule has 180 valence electrons. The molecular formula is C25H34FN3O4. The van der Waals surface area contributed by atoms with E-state index in [1.165, 1.54) is 6.07 Å². The smallest absolute Gasteiger partial charge is 0.410 e. The topological polar surface area (TPSA) is 79.0 Å². The highest BCUT2D eigenvalue weighted by atomic mass is 19.1. The number of nitrogens with zero attached hydrogens (tertiary/aromatic N) is 2. The van der Waals surface area contributed by atoms with Gasteiger partial charge in [0.15, 0.2) is 0 Å². The first-order valence-electron chi connectivity index (χ1n) is 11.9. The summed E-state index contributed by atoms with van der Waals surface area (Å²) in [7, 11) is 0. The van der Waals surface area contributed by atoms with Gasteiger partial charge in [-0.05, 0) is 76.5 Å². The minimum Gasteiger partial charge on any atom is -0.444 e. The van der Waals surface area contributed by atoms with Gasteiger partial charge in [0, 0.05) is 43.9 Å². The van der Waals surface area contributed by atoms with Gasteiger partial charge in [-0.15, -0.1) is 0 Å². The van der Waals surface area contributed by atoms with E-state index in [2.05, 4.69) is 10.2 Å². The quantitative estimate of drug-likeness (QED) is 0.678. The summed E-state index contributed by atoms with van der Waals surface area (Å²) in [5, 5.41) is 2.32. The van der Waals surface area contributed by atoms with Crippen molar-refractivity contribution in [3.8, 4) is 0 Å². The number of piperidine rings is 3. The Morgan fingerprint density at radius 1 is 1.09 bits per heavy atom. The van der Waals surface area contributed by atoms with E-state index in [-0.39, 0.29) is 23.8 Å². The van der Waals surface area contributed by atoms with E-state index in [0.29, 0.717) is 25.1 Å². The summed E-state index contributed by atoms with van der Waals surface area (Å²) in [6.07, 6.45) is 4.29. The van der Waals surface area contributed by atoms with E-state index in [9.17, 15) is 18.8 Å². The van der Waals surface area contributed by atoms with Crippen LogP contribution in [0, 0.1) is 11.2 Å². The average Bonchev–Trinajstić information content (AvgIpc) is 2.74. The Balaban J connectivity index is 1.36. The molecule has 1 aromatic carbocycles. The first kappa shape index (κ1) is 23.5. The number of rotatable bonds is 2. The Labute approximate surface area is 194 Å². The van der Waals surface area contributed by atoms with E-state index < -0.39 is 23.2 Å². The minimum absolute atomic E-state index is 0.224. The summed E-state index contributed by atoms with van der Waals surface area (Å²) in [6, 6.07) is 4.98. The van der Waals surface area contributed by atoms with Crippen molar-refractivity contribution in [2.75, 3.05) is 31.1 Å². The van der Waals surface area contributed by atoms with Crippen LogP contribution in [0.2, 0.25) is 0 Å². The third kappa shape index (κ3) is 5.31. The molecule has 8 heteroatoms. The maximum atomic E-state index is 14.6. The molecule has 7 nitrogen and oxygen atoms in total. The van der Waals surface area contributed by atoms with Crippen molar-refractivity contribution >= 4 is 23.6 Å². The zero-order valence-electron chi connectivity index (χ0n) is 19.8. The highest BCUT2D eigenvalue weighted by molar-refractivity contribution is 6.01. The molecule has 3 fully saturated rings. The number of anilines is 1. The van der Waals surface area contributed by atoms with Crippen LogP contribution in [0.5, 0.6) is 0 Å². The molecule has 1 spiro atoms. The monoisotopic (exact) mass is 459 g/mol. The van der Waals surface area contributed by atoms with Gasteiger partial charge in [-0.25, -0.2) is 9.18 Å². The van der Waals surface area contributed by atoms with E-state index in [1.807, 2.05) is 25.7 Å². The van der Waals surface area contributed by atoms with Gasteiger partial charge in [0.25, 0.3) is 0 Å². The third-order valence-electron chi connectivity index (χ3n) is 7.26. The predicted octanol–water partition coefficient (Wildman–Crippen LogP) is 3.96. The lowest BCUT2D eigenvalue weighted by atomic mass is 9.71. The van der Waals surface area contributed by atoms with E-state index in [0.717, 1.165) is 44.5 Å². The number of ether oxygens (including phenoxy) is 1. The molecule has 4 rings (SSSR count). The number of hydrogen-bond acceptors (Lipinski definition) is 5. The van der Waals surface area contributed by atoms with Crippen molar-refractivity contribution in [3.63, 3.8) is 0 Å². The first-order chi connectivity index (χ1) is 15.6. The first-order valence-corrected chi connectivity index (χ1v) is 11.9. The summed E-state index contributed by atoms with van der Waals surface area (Å²) in [4.78, 5) is 40.1. The van der Waals surface area contributed by atoms with Gasteiger partial charge in [-0.2, -0.15) is 0 Å². The maximum Gasteiger partial charge on any atom is 0.410 e. The molecule has 3 amide bonds. The lowest BCUT2D eigenvalue weighted by Gasteiger charge is -2.47. The lowest BCUT2D eigenvalue weighted by Crippen LogP contribution is -2.49. The van der Waals surface area contributed by atoms with Crippen molar-refractivity contribution in [1.82, 2.24) is 10.2 Å². The molecule has 3 aliphatic heterocycles. The van der Waals surface area contributed by atoms with Crippen LogP contribution < -0.4 is 10.2 Å². The summed E-state index contributed by atoms with van der Waals surface area (Å²) in [5.74, 6) is -1.75. The Kier molecular flexibility index (Phi) is 6.38.